The number of rotatable bonds is 11. The minimum Gasteiger partial charge on any atom is -0.460 e. The van der Waals surface area contributed by atoms with Crippen LogP contribution in [0.1, 0.15) is 82.3 Å². The zero-order valence-electron chi connectivity index (χ0n) is 37.0. The van der Waals surface area contributed by atoms with Crippen molar-refractivity contribution in [1.82, 2.24) is 5.32 Å². The summed E-state index contributed by atoms with van der Waals surface area (Å²) >= 11 is 0. The van der Waals surface area contributed by atoms with E-state index in [1.165, 1.54) is 6.92 Å². The SMILES string of the molecule is CC1=C2C(O)C(=O)[C@]3(C)C(OC(=O)COC4OC(CO)C(O)C(O)C4O)C[C@H]4CCC4(O)C3[C@H](C)C(O)(CC1OC(=O)C(O)C(NC(=O)c1ccccc1)c1ccccc1)C2(C)C.[Ac].[Ac]. The first kappa shape index (κ1) is 54.7. The molecule has 2 bridgehead atoms. The van der Waals surface area contributed by atoms with Gasteiger partial charge in [0.2, 0.25) is 0 Å². The maximum atomic E-state index is 15.1. The number of aliphatic hydroxyl groups excluding tert-OH is 6. The Labute approximate surface area is 448 Å². The Hall–Kier alpha value is -1.26. The third-order valence-corrected chi connectivity index (χ3v) is 15.2. The van der Waals surface area contributed by atoms with Crippen molar-refractivity contribution in [1.29, 1.82) is 0 Å². The molecule has 7 rings (SSSR count). The molecule has 5 aliphatic rings. The number of carbonyl (C=O) groups excluding carboxylic acids is 4. The smallest absolute Gasteiger partial charge is 0.338 e. The largest absolute Gasteiger partial charge is 0.460 e. The van der Waals surface area contributed by atoms with E-state index < -0.39 is 138 Å². The molecule has 9 N–H and O–H groups in total. The van der Waals surface area contributed by atoms with E-state index in [0.717, 1.165) is 0 Å². The van der Waals surface area contributed by atoms with Crippen LogP contribution in [0.25, 0.3) is 0 Å². The van der Waals surface area contributed by atoms with Crippen LogP contribution < -0.4 is 5.32 Å². The molecule has 1 aliphatic heterocycles. The molecule has 65 heavy (non-hydrogen) atoms. The third kappa shape index (κ3) is 9.54. The molecular weight excluding hydrogens is 1280 g/mol. The van der Waals surface area contributed by atoms with Gasteiger partial charge in [-0.05, 0) is 73.8 Å². The van der Waals surface area contributed by atoms with E-state index in [1.54, 1.807) is 88.4 Å². The van der Waals surface area contributed by atoms with Crippen molar-refractivity contribution in [2.45, 2.75) is 133 Å². The molecule has 3 saturated carbocycles. The molecule has 1 heterocycles. The summed E-state index contributed by atoms with van der Waals surface area (Å²) in [4.78, 5) is 56.0. The Balaban J connectivity index is 0.00000397. The molecule has 350 valence electrons. The number of amides is 1. The number of carbonyl (C=O) groups is 4. The molecule has 4 aliphatic carbocycles. The van der Waals surface area contributed by atoms with Gasteiger partial charge in [-0.25, -0.2) is 9.59 Å². The van der Waals surface area contributed by atoms with Crippen LogP contribution >= 0.6 is 0 Å². The van der Waals surface area contributed by atoms with Gasteiger partial charge in [-0.2, -0.15) is 0 Å². The molecule has 0 aromatic heterocycles. The number of esters is 2. The van der Waals surface area contributed by atoms with Gasteiger partial charge in [0, 0.05) is 111 Å². The molecular formula is C46H59Ac2NO16. The first-order valence-corrected chi connectivity index (χ1v) is 21.4. The second-order valence-corrected chi connectivity index (χ2v) is 18.7. The summed E-state index contributed by atoms with van der Waals surface area (Å²) in [6.45, 7) is 6.47. The van der Waals surface area contributed by atoms with Crippen LogP contribution in [0.4, 0.5) is 0 Å². The molecule has 1 saturated heterocycles. The van der Waals surface area contributed by atoms with E-state index >= 15 is 4.79 Å². The maximum absolute atomic E-state index is 15.1. The molecule has 17 nitrogen and oxygen atoms in total. The number of benzene rings is 2. The number of fused-ring (bicyclic) bond motifs is 5. The van der Waals surface area contributed by atoms with E-state index in [-0.39, 0.29) is 124 Å². The van der Waals surface area contributed by atoms with Crippen LogP contribution in [0.5, 0.6) is 0 Å². The quantitative estimate of drug-likeness (QED) is 0.109. The molecule has 2 aromatic carbocycles. The number of Topliss-reactive ketones (excluding diaryl/α,β-unsaturated/α-hetero) is 1. The fraction of sp³-hybridized carbons (Fsp3) is 0.609. The number of ether oxygens (including phenoxy) is 4. The molecule has 2 radical (unpaired) electrons. The van der Waals surface area contributed by atoms with E-state index in [1.807, 2.05) is 0 Å². The van der Waals surface area contributed by atoms with E-state index in [4.69, 9.17) is 18.9 Å². The van der Waals surface area contributed by atoms with Crippen LogP contribution in [0, 0.1) is 117 Å². The fourth-order valence-electron chi connectivity index (χ4n) is 11.5. The predicted octanol–water partition coefficient (Wildman–Crippen LogP) is 0.383. The second kappa shape index (κ2) is 21.0. The van der Waals surface area contributed by atoms with Crippen LogP contribution in [-0.2, 0) is 33.3 Å². The normalized spacial score (nSPS) is 38.0. The van der Waals surface area contributed by atoms with Crippen molar-refractivity contribution in [3.8, 4) is 0 Å². The summed E-state index contributed by atoms with van der Waals surface area (Å²) in [5, 5.41) is 92.6. The monoisotopic (exact) mass is 1340 g/mol. The van der Waals surface area contributed by atoms with Gasteiger partial charge >= 0.3 is 11.9 Å². The van der Waals surface area contributed by atoms with Gasteiger partial charge in [0.15, 0.2) is 18.2 Å². The van der Waals surface area contributed by atoms with Gasteiger partial charge < -0.3 is 65.1 Å². The average Bonchev–Trinajstić information content (AvgIpc) is 3.26. The van der Waals surface area contributed by atoms with E-state index in [9.17, 15) is 55.2 Å². The summed E-state index contributed by atoms with van der Waals surface area (Å²) in [6, 6.07) is 15.3. The van der Waals surface area contributed by atoms with Crippen molar-refractivity contribution in [3.05, 3.63) is 82.9 Å². The fourth-order valence-corrected chi connectivity index (χ4v) is 11.5. The van der Waals surface area contributed by atoms with Gasteiger partial charge in [-0.3, -0.25) is 9.59 Å². The maximum Gasteiger partial charge on any atom is 0.338 e. The number of aliphatic hydroxyl groups is 8. The molecule has 16 atom stereocenters. The van der Waals surface area contributed by atoms with Gasteiger partial charge in [0.05, 0.1) is 29.3 Å². The van der Waals surface area contributed by atoms with Gasteiger partial charge in [-0.1, -0.05) is 69.3 Å². The number of nitrogens with one attached hydrogen (secondary N) is 1. The van der Waals surface area contributed by atoms with Gasteiger partial charge in [0.25, 0.3) is 5.91 Å². The average molecular weight is 1340 g/mol. The molecule has 4 fully saturated rings. The van der Waals surface area contributed by atoms with Gasteiger partial charge in [0.1, 0.15) is 49.3 Å². The minimum atomic E-state index is -1.97. The summed E-state index contributed by atoms with van der Waals surface area (Å²) < 4.78 is 22.8. The van der Waals surface area contributed by atoms with Crippen molar-refractivity contribution in [3.63, 3.8) is 0 Å². The molecule has 2 aromatic rings. The Morgan fingerprint density at radius 3 is 2.11 bits per heavy atom. The number of ketones is 1. The summed E-state index contributed by atoms with van der Waals surface area (Å²) in [6.07, 6.45) is -14.2. The summed E-state index contributed by atoms with van der Waals surface area (Å²) in [7, 11) is 0. The first-order valence-electron chi connectivity index (χ1n) is 21.4. The topological polar surface area (TPSA) is 279 Å². The Morgan fingerprint density at radius 1 is 0.908 bits per heavy atom. The van der Waals surface area contributed by atoms with Gasteiger partial charge in [-0.15, -0.1) is 0 Å². The van der Waals surface area contributed by atoms with Crippen LogP contribution in [0.15, 0.2) is 71.8 Å². The Bertz CT molecular complexity index is 2090. The van der Waals surface area contributed by atoms with Crippen molar-refractivity contribution < 1.29 is 167 Å². The van der Waals surface area contributed by atoms with E-state index in [2.05, 4.69) is 5.32 Å². The van der Waals surface area contributed by atoms with E-state index in [0.29, 0.717) is 12.0 Å². The molecule has 19 heteroatoms. The van der Waals surface area contributed by atoms with Crippen molar-refractivity contribution in [2.75, 3.05) is 13.2 Å². The van der Waals surface area contributed by atoms with Crippen LogP contribution in [0.3, 0.4) is 0 Å². The summed E-state index contributed by atoms with van der Waals surface area (Å²) in [5.74, 6) is -6.16. The van der Waals surface area contributed by atoms with Crippen molar-refractivity contribution in [2.24, 2.45) is 28.6 Å². The predicted molar refractivity (Wildman–Crippen MR) is 219 cm³/mol. The van der Waals surface area contributed by atoms with Crippen LogP contribution in [0.2, 0.25) is 0 Å². The summed E-state index contributed by atoms with van der Waals surface area (Å²) in [5.41, 5.74) is -5.69. The van der Waals surface area contributed by atoms with Crippen LogP contribution in [-0.4, -0.2) is 144 Å². The van der Waals surface area contributed by atoms with Crippen molar-refractivity contribution >= 4 is 23.6 Å². The number of hydrogen-bond donors (Lipinski definition) is 9. The Kier molecular flexibility index (Phi) is 17.7. The first-order chi connectivity index (χ1) is 29.6. The second-order valence-electron chi connectivity index (χ2n) is 18.7. The zero-order valence-corrected chi connectivity index (χ0v) is 46.5. The molecule has 1 amide bonds. The number of hydrogen-bond acceptors (Lipinski definition) is 16. The Morgan fingerprint density at radius 2 is 1.52 bits per heavy atom. The minimum absolute atomic E-state index is 0. The molecule has 13 unspecified atom stereocenters. The molecule has 0 spiro atoms. The third-order valence-electron chi connectivity index (χ3n) is 15.2. The zero-order chi connectivity index (χ0) is 46.0. The standard InChI is InChI=1S/C46H59NO16.2Ac/c1-22-27(61-41(57)35(52)32(24-12-8-6-9-13-24)47-40(56)25-14-10-7-11-15-25)19-46(59)23(2)38-44(5,39(55)34(51)31(22)43(46,3)4)29(18-26-16-17-45(26,38)58)63-30(49)21-60-42-37(54)36(53)33(50)28(20-48)62-42;;/h6-15,23,26-29,32-38,42,48,50-54,58-59H,16-21H2,1-5H3,(H,47,56);;/t23-,26+,27?,28?,29?,32?,33?,34?,35?,36?,37?,38?,42?,44+,45?,46?;;/m0../s1.